The van der Waals surface area contributed by atoms with Crippen molar-refractivity contribution < 1.29 is 9.90 Å². The number of rotatable bonds is 20. The molecule has 6 nitrogen and oxygen atoms in total. The van der Waals surface area contributed by atoms with E-state index in [-0.39, 0.29) is 5.91 Å². The smallest absolute Gasteiger partial charge is 0.252 e. The van der Waals surface area contributed by atoms with Crippen LogP contribution in [-0.4, -0.2) is 66.3 Å². The molecule has 1 unspecified atom stereocenters. The fourth-order valence-corrected chi connectivity index (χ4v) is 5.02. The van der Waals surface area contributed by atoms with Gasteiger partial charge in [-0.2, -0.15) is 0 Å². The molecule has 1 aliphatic heterocycles. The van der Waals surface area contributed by atoms with Crippen molar-refractivity contribution >= 4 is 11.7 Å². The lowest BCUT2D eigenvalue weighted by Gasteiger charge is -2.38. The number of carbonyl (C=O) groups is 1. The average Bonchev–Trinajstić information content (AvgIpc) is 2.92. The Hall–Kier alpha value is -1.66. The van der Waals surface area contributed by atoms with Gasteiger partial charge in [-0.15, -0.1) is 0 Å². The van der Waals surface area contributed by atoms with Crippen LogP contribution in [0.3, 0.4) is 0 Å². The molecule has 0 radical (unpaired) electrons. The molecule has 0 aliphatic carbocycles. The van der Waals surface area contributed by atoms with Gasteiger partial charge in [0.2, 0.25) is 0 Å². The first kappa shape index (κ1) is 30.6. The summed E-state index contributed by atoms with van der Waals surface area (Å²) in [5.74, 6) is 0.966. The third-order valence-corrected chi connectivity index (χ3v) is 7.73. The Labute approximate surface area is 221 Å². The summed E-state index contributed by atoms with van der Waals surface area (Å²) in [6.45, 7) is 9.78. The lowest BCUT2D eigenvalue weighted by Crippen LogP contribution is -2.49. The molecule has 0 spiro atoms. The van der Waals surface area contributed by atoms with Crippen molar-refractivity contribution in [3.8, 4) is 0 Å². The Kier molecular flexibility index (Phi) is 16.5. The maximum absolute atomic E-state index is 12.4. The Morgan fingerprint density at radius 1 is 0.861 bits per heavy atom. The summed E-state index contributed by atoms with van der Waals surface area (Å²) in [6, 6.07) is 4.55. The zero-order valence-corrected chi connectivity index (χ0v) is 23.4. The van der Waals surface area contributed by atoms with Crippen LogP contribution in [0.4, 0.5) is 5.82 Å². The highest BCUT2D eigenvalue weighted by Crippen LogP contribution is 2.16. The van der Waals surface area contributed by atoms with Gasteiger partial charge >= 0.3 is 0 Å². The summed E-state index contributed by atoms with van der Waals surface area (Å²) in [4.78, 5) is 21.9. The molecule has 1 aromatic rings. The number of amides is 1. The number of hydrogen-bond donors (Lipinski definition) is 2. The molecule has 1 fully saturated rings. The average molecular weight is 503 g/mol. The predicted octanol–water partition coefficient (Wildman–Crippen LogP) is 6.19. The van der Waals surface area contributed by atoms with Gasteiger partial charge in [0.15, 0.2) is 0 Å². The minimum absolute atomic E-state index is 0.0102. The highest BCUT2D eigenvalue weighted by molar-refractivity contribution is 5.94. The van der Waals surface area contributed by atoms with E-state index in [9.17, 15) is 4.79 Å². The van der Waals surface area contributed by atoms with Crippen LogP contribution in [0, 0.1) is 0 Å². The fraction of sp³-hybridized carbons (Fsp3) is 0.800. The van der Waals surface area contributed by atoms with Crippen LogP contribution in [0.25, 0.3) is 0 Å². The molecule has 2 heterocycles. The second-order valence-electron chi connectivity index (χ2n) is 10.6. The van der Waals surface area contributed by atoms with E-state index in [0.717, 1.165) is 51.4 Å². The lowest BCUT2D eigenvalue weighted by molar-refractivity contribution is 0.0952. The van der Waals surface area contributed by atoms with Crippen molar-refractivity contribution in [1.29, 1.82) is 0 Å². The molecular weight excluding hydrogens is 448 g/mol. The Morgan fingerprint density at radius 3 is 1.86 bits per heavy atom. The quantitative estimate of drug-likeness (QED) is 0.208. The summed E-state index contributed by atoms with van der Waals surface area (Å²) >= 11 is 0. The van der Waals surface area contributed by atoms with Crippen molar-refractivity contribution in [2.75, 3.05) is 44.2 Å². The van der Waals surface area contributed by atoms with Gasteiger partial charge in [-0.3, -0.25) is 9.69 Å². The topological polar surface area (TPSA) is 68.7 Å². The second-order valence-corrected chi connectivity index (χ2v) is 10.6. The molecule has 2 rings (SSSR count). The SMILES string of the molecule is CCC(C)N1CCN(c2ccc(C(=O)NCCCCCCCCCCCCCCCCO)cn2)CC1. The van der Waals surface area contributed by atoms with Crippen LogP contribution < -0.4 is 10.2 Å². The summed E-state index contributed by atoms with van der Waals surface area (Å²) in [6.07, 6.45) is 20.6. The number of piperazine rings is 1. The first-order valence-corrected chi connectivity index (χ1v) is 15.0. The highest BCUT2D eigenvalue weighted by Gasteiger charge is 2.21. The summed E-state index contributed by atoms with van der Waals surface area (Å²) in [5.41, 5.74) is 0.655. The maximum Gasteiger partial charge on any atom is 0.252 e. The van der Waals surface area contributed by atoms with Gasteiger partial charge in [0, 0.05) is 51.6 Å². The van der Waals surface area contributed by atoms with E-state index in [1.54, 1.807) is 6.20 Å². The van der Waals surface area contributed by atoms with Gasteiger partial charge in [-0.25, -0.2) is 4.98 Å². The number of aromatic nitrogens is 1. The zero-order valence-electron chi connectivity index (χ0n) is 23.4. The summed E-state index contributed by atoms with van der Waals surface area (Å²) in [5, 5.41) is 11.8. The second kappa shape index (κ2) is 19.5. The van der Waals surface area contributed by atoms with Crippen LogP contribution in [0.2, 0.25) is 0 Å². The van der Waals surface area contributed by atoms with Gasteiger partial charge in [0.1, 0.15) is 5.82 Å². The number of anilines is 1. The standard InChI is InChI=1S/C30H54N4O2/c1-3-27(2)33-21-23-34(24-22-33)29-19-18-28(26-32-29)30(36)31-20-16-14-12-10-8-6-4-5-7-9-11-13-15-17-25-35/h18-19,26-27,35H,3-17,20-25H2,1-2H3,(H,31,36). The van der Waals surface area contributed by atoms with Crippen LogP contribution in [0.15, 0.2) is 18.3 Å². The third kappa shape index (κ3) is 12.5. The largest absolute Gasteiger partial charge is 0.396 e. The Morgan fingerprint density at radius 2 is 1.39 bits per heavy atom. The monoisotopic (exact) mass is 502 g/mol. The number of unbranched alkanes of at least 4 members (excludes halogenated alkanes) is 13. The number of nitrogens with zero attached hydrogens (tertiary/aromatic N) is 3. The first-order chi connectivity index (χ1) is 17.7. The Bertz CT molecular complexity index is 674. The number of carbonyl (C=O) groups excluding carboxylic acids is 1. The van der Waals surface area contributed by atoms with E-state index in [1.807, 2.05) is 12.1 Å². The van der Waals surface area contributed by atoms with Crippen LogP contribution in [0.5, 0.6) is 0 Å². The van der Waals surface area contributed by atoms with E-state index < -0.39 is 0 Å². The van der Waals surface area contributed by atoms with Crippen molar-refractivity contribution in [3.05, 3.63) is 23.9 Å². The lowest BCUT2D eigenvalue weighted by atomic mass is 10.0. The van der Waals surface area contributed by atoms with Crippen molar-refractivity contribution in [1.82, 2.24) is 15.2 Å². The molecular formula is C30H54N4O2. The molecule has 2 N–H and O–H groups in total. The van der Waals surface area contributed by atoms with E-state index in [1.165, 1.54) is 83.5 Å². The van der Waals surface area contributed by atoms with Crippen LogP contribution in [0.1, 0.15) is 121 Å². The van der Waals surface area contributed by atoms with Gasteiger partial charge < -0.3 is 15.3 Å². The van der Waals surface area contributed by atoms with Crippen LogP contribution in [-0.2, 0) is 0 Å². The first-order valence-electron chi connectivity index (χ1n) is 15.0. The molecule has 1 atom stereocenters. The molecule has 1 saturated heterocycles. The molecule has 1 amide bonds. The van der Waals surface area contributed by atoms with E-state index >= 15 is 0 Å². The number of pyridine rings is 1. The number of aliphatic hydroxyl groups excluding tert-OH is 1. The minimum atomic E-state index is -0.0102. The van der Waals surface area contributed by atoms with Crippen LogP contribution >= 0.6 is 0 Å². The zero-order chi connectivity index (χ0) is 25.8. The molecule has 1 aromatic heterocycles. The molecule has 36 heavy (non-hydrogen) atoms. The normalized spacial score (nSPS) is 15.2. The molecule has 0 bridgehead atoms. The molecule has 206 valence electrons. The maximum atomic E-state index is 12.4. The summed E-state index contributed by atoms with van der Waals surface area (Å²) < 4.78 is 0. The van der Waals surface area contributed by atoms with Crippen molar-refractivity contribution in [3.63, 3.8) is 0 Å². The molecule has 1 aliphatic rings. The van der Waals surface area contributed by atoms with Gasteiger partial charge in [0.05, 0.1) is 5.56 Å². The molecule has 6 heteroatoms. The fourth-order valence-electron chi connectivity index (χ4n) is 5.02. The molecule has 0 saturated carbocycles. The summed E-state index contributed by atoms with van der Waals surface area (Å²) in [7, 11) is 0. The number of aliphatic hydroxyl groups is 1. The van der Waals surface area contributed by atoms with E-state index in [4.69, 9.17) is 5.11 Å². The number of hydrogen-bond acceptors (Lipinski definition) is 5. The third-order valence-electron chi connectivity index (χ3n) is 7.73. The highest BCUT2D eigenvalue weighted by atomic mass is 16.2. The Balaban J connectivity index is 1.44. The van der Waals surface area contributed by atoms with Gasteiger partial charge in [-0.05, 0) is 38.3 Å². The van der Waals surface area contributed by atoms with Gasteiger partial charge in [0.25, 0.3) is 5.91 Å². The minimum Gasteiger partial charge on any atom is -0.396 e. The van der Waals surface area contributed by atoms with Crippen molar-refractivity contribution in [2.45, 2.75) is 116 Å². The van der Waals surface area contributed by atoms with Gasteiger partial charge in [-0.1, -0.05) is 84.0 Å². The molecule has 0 aromatic carbocycles. The predicted molar refractivity (Wildman–Crippen MR) is 152 cm³/mol. The van der Waals surface area contributed by atoms with E-state index in [2.05, 4.69) is 33.9 Å². The number of nitrogens with one attached hydrogen (secondary N) is 1. The van der Waals surface area contributed by atoms with Crippen molar-refractivity contribution in [2.24, 2.45) is 0 Å². The van der Waals surface area contributed by atoms with E-state index in [0.29, 0.717) is 18.2 Å².